The van der Waals surface area contributed by atoms with E-state index in [1.54, 1.807) is 0 Å². The van der Waals surface area contributed by atoms with Crippen LogP contribution in [0.2, 0.25) is 0 Å². The van der Waals surface area contributed by atoms with Crippen LogP contribution in [0.1, 0.15) is 32.4 Å². The van der Waals surface area contributed by atoms with Crippen molar-refractivity contribution in [2.75, 3.05) is 19.6 Å². The number of aromatic nitrogens is 1. The SMILES string of the molecule is CCNC(=NCc1cc(-c2ccccc2)on1)N1CCCC(C)C1.I. The molecule has 0 bridgehead atoms. The molecule has 1 aromatic carbocycles. The van der Waals surface area contributed by atoms with E-state index in [9.17, 15) is 0 Å². The zero-order valence-corrected chi connectivity index (χ0v) is 17.3. The fourth-order valence-corrected chi connectivity index (χ4v) is 3.09. The molecule has 2 heterocycles. The normalized spacial score (nSPS) is 17.9. The highest BCUT2D eigenvalue weighted by Crippen LogP contribution is 2.20. The third-order valence-electron chi connectivity index (χ3n) is 4.30. The lowest BCUT2D eigenvalue weighted by Gasteiger charge is -2.33. The van der Waals surface area contributed by atoms with Crippen molar-refractivity contribution in [1.82, 2.24) is 15.4 Å². The molecule has 25 heavy (non-hydrogen) atoms. The fourth-order valence-electron chi connectivity index (χ4n) is 3.09. The molecule has 6 heteroatoms. The summed E-state index contributed by atoms with van der Waals surface area (Å²) in [6, 6.07) is 12.0. The van der Waals surface area contributed by atoms with Gasteiger partial charge >= 0.3 is 0 Å². The molecule has 0 saturated carbocycles. The van der Waals surface area contributed by atoms with Crippen LogP contribution in [0.5, 0.6) is 0 Å². The number of benzene rings is 1. The van der Waals surface area contributed by atoms with E-state index in [1.807, 2.05) is 36.4 Å². The van der Waals surface area contributed by atoms with Gasteiger partial charge in [0.25, 0.3) is 0 Å². The molecular formula is C19H27IN4O. The molecule has 1 aliphatic heterocycles. The highest BCUT2D eigenvalue weighted by molar-refractivity contribution is 14.0. The Morgan fingerprint density at radius 2 is 2.16 bits per heavy atom. The third-order valence-corrected chi connectivity index (χ3v) is 4.30. The van der Waals surface area contributed by atoms with Crippen LogP contribution in [0.15, 0.2) is 45.9 Å². The lowest BCUT2D eigenvalue weighted by Crippen LogP contribution is -2.46. The van der Waals surface area contributed by atoms with Crippen molar-refractivity contribution >= 4 is 29.9 Å². The maximum atomic E-state index is 5.45. The topological polar surface area (TPSA) is 53.7 Å². The van der Waals surface area contributed by atoms with Crippen LogP contribution < -0.4 is 5.32 Å². The van der Waals surface area contributed by atoms with Crippen LogP contribution in [0.3, 0.4) is 0 Å². The molecule has 1 unspecified atom stereocenters. The van der Waals surface area contributed by atoms with Gasteiger partial charge in [-0.3, -0.25) is 0 Å². The molecule has 1 atom stereocenters. The van der Waals surface area contributed by atoms with Crippen LogP contribution in [-0.2, 0) is 6.54 Å². The second kappa shape index (κ2) is 9.79. The van der Waals surface area contributed by atoms with Gasteiger partial charge in [-0.25, -0.2) is 4.99 Å². The number of hydrogen-bond acceptors (Lipinski definition) is 3. The standard InChI is InChI=1S/C19H26N4O.HI/c1-3-20-19(23-11-7-8-15(2)14-23)21-13-17-12-18(24-22-17)16-9-5-4-6-10-16;/h4-6,9-10,12,15H,3,7-8,11,13-14H2,1-2H3,(H,20,21);1H. The molecule has 1 saturated heterocycles. The number of likely N-dealkylation sites (tertiary alicyclic amines) is 1. The monoisotopic (exact) mass is 454 g/mol. The summed E-state index contributed by atoms with van der Waals surface area (Å²) in [5.74, 6) is 2.49. The molecule has 0 radical (unpaired) electrons. The van der Waals surface area contributed by atoms with Gasteiger partial charge in [0.1, 0.15) is 5.69 Å². The molecule has 1 aliphatic rings. The first-order chi connectivity index (χ1) is 11.8. The van der Waals surface area contributed by atoms with Gasteiger partial charge in [0.05, 0.1) is 6.54 Å². The van der Waals surface area contributed by atoms with E-state index in [0.717, 1.165) is 48.5 Å². The number of nitrogens with one attached hydrogen (secondary N) is 1. The van der Waals surface area contributed by atoms with Gasteiger partial charge in [-0.2, -0.15) is 0 Å². The zero-order chi connectivity index (χ0) is 16.8. The van der Waals surface area contributed by atoms with E-state index < -0.39 is 0 Å². The van der Waals surface area contributed by atoms with Crippen molar-refractivity contribution in [3.05, 3.63) is 42.1 Å². The van der Waals surface area contributed by atoms with Crippen molar-refractivity contribution < 1.29 is 4.52 Å². The van der Waals surface area contributed by atoms with E-state index in [0.29, 0.717) is 6.54 Å². The Labute approximate surface area is 166 Å². The quantitative estimate of drug-likeness (QED) is 0.429. The molecule has 0 amide bonds. The van der Waals surface area contributed by atoms with Gasteiger partial charge in [0.15, 0.2) is 11.7 Å². The molecule has 5 nitrogen and oxygen atoms in total. The average molecular weight is 454 g/mol. The first-order valence-electron chi connectivity index (χ1n) is 8.80. The number of halogens is 1. The summed E-state index contributed by atoms with van der Waals surface area (Å²) in [6.45, 7) is 7.96. The summed E-state index contributed by atoms with van der Waals surface area (Å²) in [7, 11) is 0. The Kier molecular flexibility index (Phi) is 7.74. The van der Waals surface area contributed by atoms with E-state index in [2.05, 4.69) is 29.2 Å². The minimum Gasteiger partial charge on any atom is -0.357 e. The van der Waals surface area contributed by atoms with Gasteiger partial charge in [0, 0.05) is 31.3 Å². The highest BCUT2D eigenvalue weighted by Gasteiger charge is 2.19. The Hall–Kier alpha value is -1.57. The van der Waals surface area contributed by atoms with E-state index in [4.69, 9.17) is 9.52 Å². The molecule has 1 N–H and O–H groups in total. The van der Waals surface area contributed by atoms with Crippen LogP contribution in [0, 0.1) is 5.92 Å². The van der Waals surface area contributed by atoms with Gasteiger partial charge in [0.2, 0.25) is 0 Å². The first kappa shape index (κ1) is 19.8. The molecule has 1 aromatic heterocycles. The van der Waals surface area contributed by atoms with Crippen molar-refractivity contribution in [3.63, 3.8) is 0 Å². The summed E-state index contributed by atoms with van der Waals surface area (Å²) in [5, 5.41) is 7.56. The number of hydrogen-bond donors (Lipinski definition) is 1. The summed E-state index contributed by atoms with van der Waals surface area (Å²) < 4.78 is 5.45. The summed E-state index contributed by atoms with van der Waals surface area (Å²) in [5.41, 5.74) is 1.89. The van der Waals surface area contributed by atoms with E-state index in [-0.39, 0.29) is 24.0 Å². The first-order valence-corrected chi connectivity index (χ1v) is 8.80. The maximum Gasteiger partial charge on any atom is 0.194 e. The van der Waals surface area contributed by atoms with Crippen molar-refractivity contribution in [1.29, 1.82) is 0 Å². The summed E-state index contributed by atoms with van der Waals surface area (Å²) in [6.07, 6.45) is 2.54. The highest BCUT2D eigenvalue weighted by atomic mass is 127. The zero-order valence-electron chi connectivity index (χ0n) is 14.9. The number of rotatable bonds is 4. The second-order valence-electron chi connectivity index (χ2n) is 6.41. The van der Waals surface area contributed by atoms with Crippen LogP contribution in [0.25, 0.3) is 11.3 Å². The van der Waals surface area contributed by atoms with Crippen molar-refractivity contribution in [3.8, 4) is 11.3 Å². The Morgan fingerprint density at radius 3 is 2.88 bits per heavy atom. The minimum atomic E-state index is 0. The third kappa shape index (κ3) is 5.45. The maximum absolute atomic E-state index is 5.45. The van der Waals surface area contributed by atoms with Crippen LogP contribution in [-0.4, -0.2) is 35.7 Å². The lowest BCUT2D eigenvalue weighted by molar-refractivity contribution is 0.266. The van der Waals surface area contributed by atoms with Gasteiger partial charge in [-0.1, -0.05) is 42.4 Å². The Balaban J connectivity index is 0.00000225. The molecule has 3 rings (SSSR count). The van der Waals surface area contributed by atoms with E-state index >= 15 is 0 Å². The van der Waals surface area contributed by atoms with Crippen molar-refractivity contribution in [2.24, 2.45) is 10.9 Å². The predicted octanol–water partition coefficient (Wildman–Crippen LogP) is 4.16. The number of nitrogens with zero attached hydrogens (tertiary/aromatic N) is 3. The number of guanidine groups is 1. The average Bonchev–Trinajstić information content (AvgIpc) is 3.08. The molecular weight excluding hydrogens is 427 g/mol. The lowest BCUT2D eigenvalue weighted by atomic mass is 10.0. The van der Waals surface area contributed by atoms with Gasteiger partial charge in [-0.15, -0.1) is 24.0 Å². The van der Waals surface area contributed by atoms with Gasteiger partial charge in [-0.05, 0) is 25.7 Å². The molecule has 0 aliphatic carbocycles. The van der Waals surface area contributed by atoms with Gasteiger partial charge < -0.3 is 14.7 Å². The number of aliphatic imine (C=N–C) groups is 1. The van der Waals surface area contributed by atoms with Crippen molar-refractivity contribution in [2.45, 2.75) is 33.2 Å². The predicted molar refractivity (Wildman–Crippen MR) is 112 cm³/mol. The molecule has 2 aromatic rings. The van der Waals surface area contributed by atoms with Crippen LogP contribution in [0.4, 0.5) is 0 Å². The summed E-state index contributed by atoms with van der Waals surface area (Å²) in [4.78, 5) is 7.11. The number of piperidine rings is 1. The van der Waals surface area contributed by atoms with Crippen LogP contribution >= 0.6 is 24.0 Å². The molecule has 136 valence electrons. The largest absolute Gasteiger partial charge is 0.357 e. The second-order valence-corrected chi connectivity index (χ2v) is 6.41. The van der Waals surface area contributed by atoms with E-state index in [1.165, 1.54) is 12.8 Å². The molecule has 0 spiro atoms. The Morgan fingerprint density at radius 1 is 1.36 bits per heavy atom. The molecule has 1 fully saturated rings. The fraction of sp³-hybridized carbons (Fsp3) is 0.474. The minimum absolute atomic E-state index is 0. The Bertz CT molecular complexity index is 671. The summed E-state index contributed by atoms with van der Waals surface area (Å²) >= 11 is 0. The smallest absolute Gasteiger partial charge is 0.194 e.